The minimum Gasteiger partial charge on any atom is -0.508 e. The molecule has 2 spiro atoms. The molecule has 4 heteroatoms. The highest BCUT2D eigenvalue weighted by atomic mass is 16.5. The van der Waals surface area contributed by atoms with Gasteiger partial charge in [-0.25, -0.2) is 0 Å². The standard InChI is InChI=1S/C38H53NO3/c1-35(29-9-3-2-4-10-29)34-28-12-14-30(24-40)38(34,39)33-11-7-8-26-20-32(41)15-13-27(26)18-25-19-31(37(33,22-28)42-35)23-36(21-25)16-5-6-17-36/h13,15,20,25,28-31,33-34,40-41H,2-6,8-10,12,14,16-19,21-24,39H2,1H3. The lowest BCUT2D eigenvalue weighted by molar-refractivity contribution is -0.361. The smallest absolute Gasteiger partial charge is 0.115 e. The molecule has 1 aromatic carbocycles. The minimum absolute atomic E-state index is 0.0542. The van der Waals surface area contributed by atoms with E-state index in [1.165, 1.54) is 94.6 Å². The fourth-order valence-electron chi connectivity index (χ4n) is 13.0. The number of hydrogen-bond acceptors (Lipinski definition) is 4. The van der Waals surface area contributed by atoms with E-state index < -0.39 is 5.54 Å². The summed E-state index contributed by atoms with van der Waals surface area (Å²) in [6.45, 7) is 2.63. The van der Waals surface area contributed by atoms with Crippen molar-refractivity contribution in [3.8, 4) is 17.6 Å². The second-order valence-electron chi connectivity index (χ2n) is 16.5. The van der Waals surface area contributed by atoms with Gasteiger partial charge in [0.1, 0.15) is 5.75 Å². The highest BCUT2D eigenvalue weighted by Crippen LogP contribution is 2.71. The molecule has 6 aliphatic carbocycles. The molecule has 7 fully saturated rings. The largest absolute Gasteiger partial charge is 0.508 e. The summed E-state index contributed by atoms with van der Waals surface area (Å²) in [6, 6.07) is 6.00. The topological polar surface area (TPSA) is 75.7 Å². The second kappa shape index (κ2) is 9.98. The number of nitrogens with two attached hydrogens (primary N) is 1. The SMILES string of the molecule is CC1(C2CCCCC2)OC23CC4CCC(CO)C(N)(C41)C2C#CCc1cc(O)ccc1CC1CC3CC2(CCCC2)C1. The monoisotopic (exact) mass is 571 g/mol. The van der Waals surface area contributed by atoms with Crippen molar-refractivity contribution in [1.29, 1.82) is 0 Å². The summed E-state index contributed by atoms with van der Waals surface area (Å²) in [5, 5.41) is 21.4. The van der Waals surface area contributed by atoms with Gasteiger partial charge in [0.25, 0.3) is 0 Å². The lowest BCUT2D eigenvalue weighted by Crippen LogP contribution is -2.84. The lowest BCUT2D eigenvalue weighted by Gasteiger charge is -2.75. The Morgan fingerprint density at radius 2 is 1.76 bits per heavy atom. The number of benzene rings is 1. The van der Waals surface area contributed by atoms with Crippen LogP contribution in [-0.2, 0) is 17.6 Å². The molecule has 4 N–H and O–H groups in total. The highest BCUT2D eigenvalue weighted by Gasteiger charge is 2.76. The minimum atomic E-state index is -0.529. The number of ether oxygens (including phenoxy) is 1. The van der Waals surface area contributed by atoms with Crippen LogP contribution >= 0.6 is 0 Å². The normalized spacial score (nSPS) is 45.8. The van der Waals surface area contributed by atoms with Gasteiger partial charge in [-0.05, 0) is 130 Å². The van der Waals surface area contributed by atoms with Crippen molar-refractivity contribution in [2.75, 3.05) is 6.61 Å². The first-order chi connectivity index (χ1) is 20.3. The maximum absolute atomic E-state index is 10.9. The van der Waals surface area contributed by atoms with E-state index in [4.69, 9.17) is 10.5 Å². The molecule has 9 unspecified atom stereocenters. The van der Waals surface area contributed by atoms with Crippen molar-refractivity contribution in [1.82, 2.24) is 0 Å². The average Bonchev–Trinajstić information content (AvgIpc) is 3.42. The van der Waals surface area contributed by atoms with Crippen LogP contribution in [0, 0.1) is 58.7 Å². The van der Waals surface area contributed by atoms with Crippen LogP contribution in [0.1, 0.15) is 114 Å². The first-order valence-electron chi connectivity index (χ1n) is 17.7. The van der Waals surface area contributed by atoms with Gasteiger partial charge in [0.05, 0.1) is 17.1 Å². The Kier molecular flexibility index (Phi) is 6.65. The van der Waals surface area contributed by atoms with E-state index >= 15 is 0 Å². The maximum atomic E-state index is 10.9. The van der Waals surface area contributed by atoms with E-state index in [1.54, 1.807) is 0 Å². The molecule has 42 heavy (non-hydrogen) atoms. The second-order valence-corrected chi connectivity index (χ2v) is 16.5. The number of fused-ring (bicyclic) bond motifs is 4. The maximum Gasteiger partial charge on any atom is 0.115 e. The Labute approximate surface area is 253 Å². The van der Waals surface area contributed by atoms with Gasteiger partial charge in [-0.1, -0.05) is 50.0 Å². The van der Waals surface area contributed by atoms with Crippen LogP contribution in [0.2, 0.25) is 0 Å². The Bertz CT molecular complexity index is 1270. The molecule has 5 saturated carbocycles. The molecule has 9 atom stereocenters. The number of rotatable bonds is 2. The molecule has 228 valence electrons. The van der Waals surface area contributed by atoms with Crippen LogP contribution in [0.4, 0.5) is 0 Å². The predicted molar refractivity (Wildman–Crippen MR) is 166 cm³/mol. The molecule has 2 saturated heterocycles. The summed E-state index contributed by atoms with van der Waals surface area (Å²) in [5.74, 6) is 10.4. The number of aliphatic hydroxyl groups excluding tert-OH is 1. The summed E-state index contributed by atoms with van der Waals surface area (Å²) in [4.78, 5) is 0. The van der Waals surface area contributed by atoms with Crippen molar-refractivity contribution in [2.24, 2.45) is 52.6 Å². The molecule has 9 rings (SSSR count). The van der Waals surface area contributed by atoms with Crippen molar-refractivity contribution in [3.63, 3.8) is 0 Å². The molecular weight excluding hydrogens is 518 g/mol. The number of phenols is 1. The molecule has 0 amide bonds. The third-order valence-electron chi connectivity index (χ3n) is 14.4. The molecule has 4 nitrogen and oxygen atoms in total. The molecule has 6 bridgehead atoms. The van der Waals surface area contributed by atoms with Gasteiger partial charge in [-0.15, -0.1) is 0 Å². The fourth-order valence-corrected chi connectivity index (χ4v) is 13.0. The summed E-state index contributed by atoms with van der Waals surface area (Å²) in [7, 11) is 0. The van der Waals surface area contributed by atoms with Crippen LogP contribution in [0.3, 0.4) is 0 Å². The van der Waals surface area contributed by atoms with E-state index in [0.29, 0.717) is 41.3 Å². The van der Waals surface area contributed by atoms with Gasteiger partial charge in [0, 0.05) is 30.4 Å². The highest BCUT2D eigenvalue weighted by molar-refractivity contribution is 5.40. The third-order valence-corrected chi connectivity index (χ3v) is 14.4. The van der Waals surface area contributed by atoms with Crippen LogP contribution in [-0.4, -0.2) is 33.6 Å². The van der Waals surface area contributed by atoms with Gasteiger partial charge in [0.2, 0.25) is 0 Å². The number of aromatic hydroxyl groups is 1. The van der Waals surface area contributed by atoms with Gasteiger partial charge < -0.3 is 20.7 Å². The molecule has 8 aliphatic rings. The lowest BCUT2D eigenvalue weighted by atomic mass is 9.38. The first-order valence-corrected chi connectivity index (χ1v) is 17.7. The van der Waals surface area contributed by atoms with E-state index in [0.717, 1.165) is 19.3 Å². The van der Waals surface area contributed by atoms with Crippen LogP contribution < -0.4 is 5.73 Å². The molecule has 1 aromatic rings. The summed E-state index contributed by atoms with van der Waals surface area (Å²) in [5.41, 5.74) is 9.83. The Morgan fingerprint density at radius 3 is 2.55 bits per heavy atom. The van der Waals surface area contributed by atoms with E-state index in [1.807, 2.05) is 12.1 Å². The quantitative estimate of drug-likeness (QED) is 0.337. The van der Waals surface area contributed by atoms with Crippen molar-refractivity contribution in [2.45, 2.75) is 133 Å². The van der Waals surface area contributed by atoms with Gasteiger partial charge in [-0.2, -0.15) is 0 Å². The van der Waals surface area contributed by atoms with Gasteiger partial charge >= 0.3 is 0 Å². The molecule has 2 aliphatic heterocycles. The Morgan fingerprint density at radius 1 is 0.952 bits per heavy atom. The molecule has 0 aromatic heterocycles. The summed E-state index contributed by atoms with van der Waals surface area (Å²) in [6.07, 6.45) is 20.7. The van der Waals surface area contributed by atoms with Gasteiger partial charge in [0.15, 0.2) is 0 Å². The summed E-state index contributed by atoms with van der Waals surface area (Å²) >= 11 is 0. The predicted octanol–water partition coefficient (Wildman–Crippen LogP) is 6.93. The zero-order valence-electron chi connectivity index (χ0n) is 25.9. The van der Waals surface area contributed by atoms with E-state index in [-0.39, 0.29) is 35.6 Å². The zero-order valence-corrected chi connectivity index (χ0v) is 25.9. The molecule has 0 radical (unpaired) electrons. The fraction of sp³-hybridized carbons (Fsp3) is 0.789. The third kappa shape index (κ3) is 3.98. The first kappa shape index (κ1) is 28.0. The Balaban J connectivity index is 1.32. The van der Waals surface area contributed by atoms with E-state index in [2.05, 4.69) is 24.8 Å². The van der Waals surface area contributed by atoms with Crippen molar-refractivity contribution >= 4 is 0 Å². The van der Waals surface area contributed by atoms with Gasteiger partial charge in [-0.3, -0.25) is 0 Å². The number of hydrogen-bond donors (Lipinski definition) is 3. The summed E-state index contributed by atoms with van der Waals surface area (Å²) < 4.78 is 7.95. The van der Waals surface area contributed by atoms with Crippen LogP contribution in [0.15, 0.2) is 18.2 Å². The Hall–Kier alpha value is -1.54. The van der Waals surface area contributed by atoms with Crippen LogP contribution in [0.5, 0.6) is 5.75 Å². The molecular formula is C38H53NO3. The van der Waals surface area contributed by atoms with Crippen molar-refractivity contribution in [3.05, 3.63) is 29.3 Å². The average molecular weight is 572 g/mol. The van der Waals surface area contributed by atoms with E-state index in [9.17, 15) is 10.2 Å². The zero-order chi connectivity index (χ0) is 28.7. The number of aliphatic hydroxyl groups is 1. The van der Waals surface area contributed by atoms with Crippen LogP contribution in [0.25, 0.3) is 0 Å². The number of phenolic OH excluding ortho intramolecular Hbond substituents is 1. The molecule has 2 heterocycles. The van der Waals surface area contributed by atoms with Crippen molar-refractivity contribution < 1.29 is 14.9 Å².